The molecule has 84 heavy (non-hydrogen) atoms. The minimum atomic E-state index is -4.92. The quantitative estimate of drug-likeness (QED) is 0.00971. The van der Waals surface area contributed by atoms with Gasteiger partial charge >= 0.3 is 21.2 Å². The molecule has 2 aromatic carbocycles. The van der Waals surface area contributed by atoms with Gasteiger partial charge in [0.25, 0.3) is 0 Å². The molecule has 1 fully saturated rings. The molecule has 0 bridgehead atoms. The van der Waals surface area contributed by atoms with Crippen molar-refractivity contribution in [3.63, 3.8) is 0 Å². The van der Waals surface area contributed by atoms with E-state index in [2.05, 4.69) is 40.7 Å². The molecule has 6 atom stereocenters. The van der Waals surface area contributed by atoms with E-state index in [0.717, 1.165) is 10.2 Å². The van der Waals surface area contributed by atoms with Gasteiger partial charge < -0.3 is 87.4 Å². The molecule has 7 N–H and O–H groups in total. The van der Waals surface area contributed by atoms with E-state index in [1.54, 1.807) is 10.9 Å². The molecule has 1 amide bonds. The van der Waals surface area contributed by atoms with Gasteiger partial charge in [0.15, 0.2) is 29.4 Å². The fraction of sp³-hybridized carbons (Fsp3) is 0.571. The first-order chi connectivity index (χ1) is 40.4. The Morgan fingerprint density at radius 2 is 1.36 bits per heavy atom. The molecule has 0 radical (unpaired) electrons. The van der Waals surface area contributed by atoms with Gasteiger partial charge in [0.2, 0.25) is 16.9 Å². The number of carbonyl (C=O) groups excluding carboxylic acids is 2. The Morgan fingerprint density at radius 3 is 1.99 bits per heavy atom. The van der Waals surface area contributed by atoms with Crippen molar-refractivity contribution in [1.82, 2.24) is 40.1 Å². The number of benzene rings is 2. The summed E-state index contributed by atoms with van der Waals surface area (Å²) in [7, 11) is -9.71. The Balaban J connectivity index is 0.739. The van der Waals surface area contributed by atoms with Crippen molar-refractivity contribution >= 4 is 55.5 Å². The third-order valence-electron chi connectivity index (χ3n) is 11.7. The molecular formula is C49H67ClF3N9O20P2. The molecule has 3 unspecified atom stereocenters. The number of nitrogens with one attached hydrogen (secondary N) is 2. The van der Waals surface area contributed by atoms with E-state index in [1.807, 2.05) is 30.3 Å². The van der Waals surface area contributed by atoms with Gasteiger partial charge in [0.1, 0.15) is 35.6 Å². The maximum absolute atomic E-state index is 13.6. The second-order valence-electron chi connectivity index (χ2n) is 18.2. The third kappa shape index (κ3) is 23.9. The van der Waals surface area contributed by atoms with Crippen molar-refractivity contribution in [2.45, 2.75) is 63.0 Å². The highest BCUT2D eigenvalue weighted by Crippen LogP contribution is 2.55. The fourth-order valence-electron chi connectivity index (χ4n) is 7.74. The number of aliphatic hydroxyl groups is 2. The Kier molecular flexibility index (Phi) is 28.7. The zero-order chi connectivity index (χ0) is 60.3. The fourth-order valence-corrected chi connectivity index (χ4v) is 10.5. The standard InChI is InChI=1S/C49H67ClF3N9O20P2/c50-49-57-46(36-28-55-62(47(36)58-49)48-44(66)43(65)40(81-48)31-80-84(70,71)32-83(67,68)69)56-39(33-4-2-1-3-5-33)6-7-41(63)54-9-12-73-15-18-76-22-23-78-24-25-79-30-35-29-61(60-59-35)10-13-74-16-19-77-21-20-75-17-14-72-11-8-42(64)82-45-37(52)26-34(51)27-38(45)53/h1-5,26-29,39-40,43-44,48,65-66H,6-25,30-32H2,(H,54,63)(H,70,71)(H,56,57,58)(H2,67,68,69)/t39?,40?,43-,44-,48-/m1/s1. The van der Waals surface area contributed by atoms with Gasteiger partial charge in [-0.25, -0.2) is 22.5 Å². The van der Waals surface area contributed by atoms with Crippen LogP contribution in [0, 0.1) is 17.5 Å². The molecule has 6 rings (SSSR count). The van der Waals surface area contributed by atoms with Crippen LogP contribution in [0.2, 0.25) is 5.28 Å². The normalized spacial score (nSPS) is 17.4. The average Bonchev–Trinajstić information content (AvgIpc) is 2.19. The lowest BCUT2D eigenvalue weighted by Crippen LogP contribution is -2.33. The number of hydrogen-bond acceptors (Lipinski definition) is 23. The van der Waals surface area contributed by atoms with Crippen molar-refractivity contribution in [3.05, 3.63) is 88.9 Å². The number of rotatable bonds is 42. The Hall–Kier alpha value is -5.19. The van der Waals surface area contributed by atoms with Crippen molar-refractivity contribution in [3.8, 4) is 5.75 Å². The summed E-state index contributed by atoms with van der Waals surface area (Å²) in [6.45, 7) is 4.46. The number of ether oxygens (including phenoxy) is 10. The van der Waals surface area contributed by atoms with Crippen molar-refractivity contribution in [2.75, 3.05) is 123 Å². The predicted molar refractivity (Wildman–Crippen MR) is 286 cm³/mol. The zero-order valence-corrected chi connectivity index (χ0v) is 47.8. The van der Waals surface area contributed by atoms with Crippen molar-refractivity contribution in [2.24, 2.45) is 0 Å². The topological polar surface area (TPSA) is 369 Å². The summed E-state index contributed by atoms with van der Waals surface area (Å²) in [4.78, 5) is 61.3. The molecule has 0 saturated carbocycles. The second kappa shape index (κ2) is 35.4. The van der Waals surface area contributed by atoms with Gasteiger partial charge in [-0.1, -0.05) is 35.5 Å². The number of halogens is 4. The molecular weight excluding hydrogens is 1190 g/mol. The van der Waals surface area contributed by atoms with E-state index in [4.69, 9.17) is 68.5 Å². The SMILES string of the molecule is O=C(CCC(Nc1nc(Cl)nc2c1cnn2[C@@H]1OC(COP(=O)(O)CP(=O)(O)O)[C@@H](O)[C@H]1O)c1ccccc1)NCCOCCOCCOCCOCc1cn(CCOCCOCCOCCOCCC(=O)Oc2c(F)cc(F)cc2F)nn1. The average molecular weight is 1260 g/mol. The van der Waals surface area contributed by atoms with Crippen molar-refractivity contribution < 1.29 is 109 Å². The van der Waals surface area contributed by atoms with Gasteiger partial charge in [-0.2, -0.15) is 15.1 Å². The van der Waals surface area contributed by atoms with Gasteiger partial charge in [0.05, 0.1) is 149 Å². The summed E-state index contributed by atoms with van der Waals surface area (Å²) >= 11 is 6.36. The first-order valence-electron chi connectivity index (χ1n) is 26.2. The largest absolute Gasteiger partial charge is 0.420 e. The third-order valence-corrected chi connectivity index (χ3v) is 15.3. The van der Waals surface area contributed by atoms with E-state index in [0.29, 0.717) is 109 Å². The molecule has 1 aliphatic heterocycles. The minimum absolute atomic E-state index is 0.0668. The zero-order valence-electron chi connectivity index (χ0n) is 45.2. The molecule has 35 heteroatoms. The van der Waals surface area contributed by atoms with Gasteiger partial charge in [-0.05, 0) is 23.6 Å². The van der Waals surface area contributed by atoms with Gasteiger partial charge in [0, 0.05) is 25.1 Å². The van der Waals surface area contributed by atoms with Crippen LogP contribution in [0.3, 0.4) is 0 Å². The van der Waals surface area contributed by atoms with Crippen LogP contribution < -0.4 is 15.4 Å². The molecule has 5 aromatic rings. The van der Waals surface area contributed by atoms with Crippen LogP contribution in [0.15, 0.2) is 54.9 Å². The number of aliphatic hydroxyl groups excluding tert-OH is 2. The van der Waals surface area contributed by atoms with Crippen LogP contribution in [0.25, 0.3) is 11.0 Å². The molecule has 0 aliphatic carbocycles. The first-order valence-corrected chi connectivity index (χ1v) is 30.2. The summed E-state index contributed by atoms with van der Waals surface area (Å²) < 4.78 is 125. The molecule has 0 spiro atoms. The predicted octanol–water partition coefficient (Wildman–Crippen LogP) is 2.82. The molecule has 4 heterocycles. The Labute approximate surface area is 483 Å². The van der Waals surface area contributed by atoms with Crippen LogP contribution in [0.5, 0.6) is 5.75 Å². The van der Waals surface area contributed by atoms with E-state index in [-0.39, 0.29) is 75.1 Å². The van der Waals surface area contributed by atoms with Crippen LogP contribution in [0.4, 0.5) is 19.0 Å². The number of esters is 1. The highest BCUT2D eigenvalue weighted by atomic mass is 35.5. The summed E-state index contributed by atoms with van der Waals surface area (Å²) in [5.74, 6) is -7.12. The van der Waals surface area contributed by atoms with E-state index < -0.39 is 87.5 Å². The molecule has 466 valence electrons. The summed E-state index contributed by atoms with van der Waals surface area (Å²) in [6.07, 6.45) is -2.84. The Bertz CT molecular complexity index is 2880. The molecule has 29 nitrogen and oxygen atoms in total. The summed E-state index contributed by atoms with van der Waals surface area (Å²) in [5, 5.41) is 40.3. The number of nitrogens with zero attached hydrogens (tertiary/aromatic N) is 7. The first kappa shape index (κ1) is 67.9. The molecule has 1 saturated heterocycles. The van der Waals surface area contributed by atoms with E-state index in [9.17, 15) is 47.0 Å². The van der Waals surface area contributed by atoms with E-state index >= 15 is 0 Å². The number of anilines is 1. The molecule has 3 aromatic heterocycles. The van der Waals surface area contributed by atoms with Crippen LogP contribution in [-0.4, -0.2) is 208 Å². The van der Waals surface area contributed by atoms with Crippen LogP contribution in [-0.2, 0) is 79.0 Å². The summed E-state index contributed by atoms with van der Waals surface area (Å²) in [5.41, 5.74) is 1.55. The monoisotopic (exact) mass is 1260 g/mol. The second-order valence-corrected chi connectivity index (χ2v) is 22.5. The lowest BCUT2D eigenvalue weighted by Gasteiger charge is -2.21. The number of amides is 1. The summed E-state index contributed by atoms with van der Waals surface area (Å²) in [6, 6.07) is 9.61. The van der Waals surface area contributed by atoms with Crippen LogP contribution >= 0.6 is 26.8 Å². The lowest BCUT2D eigenvalue weighted by molar-refractivity contribution is -0.136. The van der Waals surface area contributed by atoms with Crippen molar-refractivity contribution in [1.29, 1.82) is 0 Å². The number of aromatic nitrogens is 7. The lowest BCUT2D eigenvalue weighted by atomic mass is 10.0. The number of fused-ring (bicyclic) bond motifs is 1. The number of hydrogen-bond donors (Lipinski definition) is 7. The molecule has 1 aliphatic rings. The van der Waals surface area contributed by atoms with Gasteiger partial charge in [-0.3, -0.25) is 18.7 Å². The highest BCUT2D eigenvalue weighted by Gasteiger charge is 2.46. The Morgan fingerprint density at radius 1 is 0.762 bits per heavy atom. The minimum Gasteiger partial charge on any atom is -0.420 e. The maximum atomic E-state index is 13.6. The smallest absolute Gasteiger partial charge is 0.340 e. The maximum Gasteiger partial charge on any atom is 0.340 e. The van der Waals surface area contributed by atoms with Crippen LogP contribution in [0.1, 0.15) is 42.8 Å². The van der Waals surface area contributed by atoms with Gasteiger partial charge in [-0.15, -0.1) is 5.10 Å². The number of carbonyl (C=O) groups is 2. The highest BCUT2D eigenvalue weighted by molar-refractivity contribution is 7.70. The van der Waals surface area contributed by atoms with E-state index in [1.165, 1.54) is 6.20 Å².